The number of carbonyl (C=O) groups is 1. The lowest BCUT2D eigenvalue weighted by Gasteiger charge is -2.49. The van der Waals surface area contributed by atoms with Gasteiger partial charge in [-0.1, -0.05) is 36.4 Å². The third-order valence-electron chi connectivity index (χ3n) is 7.12. The van der Waals surface area contributed by atoms with E-state index in [-0.39, 0.29) is 25.6 Å². The first-order valence-electron chi connectivity index (χ1n) is 12.0. The highest BCUT2D eigenvalue weighted by Gasteiger charge is 2.49. The Balaban J connectivity index is 1.76. The Morgan fingerprint density at radius 2 is 1.81 bits per heavy atom. The number of rotatable bonds is 2. The van der Waals surface area contributed by atoms with Crippen molar-refractivity contribution in [1.29, 1.82) is 0 Å². The summed E-state index contributed by atoms with van der Waals surface area (Å²) < 4.78 is 47.2. The SMILES string of the molecule is Cc1cccc2c1CSc1c(C)cccc1[C@@H]2N1CN([C@H](C)C(F)(F)F)C(=O)/C2=C(\O)COC/C=C\N21. The number of ether oxygens (including phenoxy) is 1. The van der Waals surface area contributed by atoms with Gasteiger partial charge in [0.1, 0.15) is 18.4 Å². The molecule has 1 fully saturated rings. The van der Waals surface area contributed by atoms with Crippen LogP contribution in [-0.4, -0.2) is 58.0 Å². The number of halogens is 3. The van der Waals surface area contributed by atoms with E-state index in [0.717, 1.165) is 44.5 Å². The van der Waals surface area contributed by atoms with E-state index < -0.39 is 29.9 Å². The standard InChI is InChI=1S/C27H28F3N3O3S/c1-16-7-4-9-19-21(16)14-37-25-17(2)8-5-10-20(25)23(19)33-15-31(18(3)27(28,29)30)26(35)24-22(34)13-36-12-6-11-32(24)33/h4-11,18,23,34H,12-15H2,1-3H3/b11-6-,24-22+/t18-,23-/m1/s1. The van der Waals surface area contributed by atoms with Crippen molar-refractivity contribution in [3.8, 4) is 0 Å². The third-order valence-corrected chi connectivity index (χ3v) is 8.40. The maximum atomic E-state index is 13.9. The van der Waals surface area contributed by atoms with E-state index in [2.05, 4.69) is 0 Å². The van der Waals surface area contributed by atoms with Crippen LogP contribution >= 0.6 is 11.8 Å². The summed E-state index contributed by atoms with van der Waals surface area (Å²) in [5.41, 5.74) is 4.92. The van der Waals surface area contributed by atoms with Crippen LogP contribution in [0.1, 0.15) is 40.8 Å². The second-order valence-corrected chi connectivity index (χ2v) is 10.4. The van der Waals surface area contributed by atoms with Gasteiger partial charge in [0.05, 0.1) is 19.3 Å². The summed E-state index contributed by atoms with van der Waals surface area (Å²) >= 11 is 1.70. The van der Waals surface area contributed by atoms with Gasteiger partial charge in [0.25, 0.3) is 5.91 Å². The van der Waals surface area contributed by atoms with Crippen molar-refractivity contribution in [3.63, 3.8) is 0 Å². The third kappa shape index (κ3) is 4.51. The minimum atomic E-state index is -4.64. The molecule has 10 heteroatoms. The summed E-state index contributed by atoms with van der Waals surface area (Å²) in [6.07, 6.45) is -1.35. The first-order valence-corrected chi connectivity index (χ1v) is 13.0. The molecule has 0 saturated carbocycles. The topological polar surface area (TPSA) is 56.3 Å². The van der Waals surface area contributed by atoms with Crippen LogP contribution < -0.4 is 0 Å². The highest BCUT2D eigenvalue weighted by molar-refractivity contribution is 7.98. The van der Waals surface area contributed by atoms with Gasteiger partial charge in [0, 0.05) is 16.8 Å². The predicted octanol–water partition coefficient (Wildman–Crippen LogP) is 5.58. The van der Waals surface area contributed by atoms with E-state index in [1.54, 1.807) is 29.0 Å². The van der Waals surface area contributed by atoms with Crippen molar-refractivity contribution in [3.05, 3.63) is 87.9 Å². The monoisotopic (exact) mass is 531 g/mol. The fourth-order valence-electron chi connectivity index (χ4n) is 5.08. The van der Waals surface area contributed by atoms with Crippen LogP contribution in [0.25, 0.3) is 0 Å². The zero-order chi connectivity index (χ0) is 26.5. The number of aliphatic hydroxyl groups excluding tert-OH is 1. The molecular formula is C27H28F3N3O3S. The fourth-order valence-corrected chi connectivity index (χ4v) is 6.41. The molecule has 1 amide bonds. The van der Waals surface area contributed by atoms with Crippen molar-refractivity contribution in [1.82, 2.24) is 14.9 Å². The van der Waals surface area contributed by atoms with Gasteiger partial charge < -0.3 is 14.7 Å². The summed E-state index contributed by atoms with van der Waals surface area (Å²) in [5.74, 6) is -0.593. The number of alkyl halides is 3. The molecule has 0 radical (unpaired) electrons. The second kappa shape index (κ2) is 9.74. The zero-order valence-corrected chi connectivity index (χ0v) is 21.6. The van der Waals surface area contributed by atoms with E-state index in [1.807, 2.05) is 50.2 Å². The van der Waals surface area contributed by atoms with Crippen molar-refractivity contribution in [2.24, 2.45) is 0 Å². The molecule has 3 aliphatic heterocycles. The molecule has 0 bridgehead atoms. The Hall–Kier alpha value is -2.95. The van der Waals surface area contributed by atoms with Crippen molar-refractivity contribution in [2.75, 3.05) is 19.9 Å². The normalized spacial score (nSPS) is 24.4. The van der Waals surface area contributed by atoms with Crippen molar-refractivity contribution < 1.29 is 27.8 Å². The van der Waals surface area contributed by atoms with Crippen LogP contribution in [0.2, 0.25) is 0 Å². The van der Waals surface area contributed by atoms with Gasteiger partial charge in [0.15, 0.2) is 5.70 Å². The molecule has 5 rings (SSSR count). The van der Waals surface area contributed by atoms with Gasteiger partial charge in [-0.3, -0.25) is 9.80 Å². The number of hydrogen-bond donors (Lipinski definition) is 1. The lowest BCUT2D eigenvalue weighted by Crippen LogP contribution is -2.62. The zero-order valence-electron chi connectivity index (χ0n) is 20.7. The molecule has 2 aromatic rings. The van der Waals surface area contributed by atoms with Crippen LogP contribution in [-0.2, 0) is 15.3 Å². The van der Waals surface area contributed by atoms with Crippen LogP contribution in [0.5, 0.6) is 0 Å². The van der Waals surface area contributed by atoms with Gasteiger partial charge in [-0.05, 0) is 54.7 Å². The van der Waals surface area contributed by atoms with Crippen LogP contribution in [0.15, 0.2) is 65.0 Å². The van der Waals surface area contributed by atoms with E-state index in [0.29, 0.717) is 5.75 Å². The first kappa shape index (κ1) is 25.7. The number of aliphatic hydroxyl groups is 1. The van der Waals surface area contributed by atoms with E-state index >= 15 is 0 Å². The lowest BCUT2D eigenvalue weighted by atomic mass is 9.91. The van der Waals surface area contributed by atoms with Crippen LogP contribution in [0.4, 0.5) is 13.2 Å². The molecule has 0 spiro atoms. The van der Waals surface area contributed by atoms with E-state index in [9.17, 15) is 23.1 Å². The lowest BCUT2D eigenvalue weighted by molar-refractivity contribution is -0.204. The highest BCUT2D eigenvalue weighted by atomic mass is 32.2. The summed E-state index contributed by atoms with van der Waals surface area (Å²) in [5, 5.41) is 14.1. The molecule has 2 aromatic carbocycles. The smallest absolute Gasteiger partial charge is 0.408 e. The first-order chi connectivity index (χ1) is 17.6. The number of hydrazine groups is 1. The average Bonchev–Trinajstić information content (AvgIpc) is 3.00. The van der Waals surface area contributed by atoms with Crippen molar-refractivity contribution >= 4 is 17.7 Å². The van der Waals surface area contributed by atoms with Gasteiger partial charge in [-0.2, -0.15) is 18.2 Å². The Bertz CT molecular complexity index is 1240. The summed E-state index contributed by atoms with van der Waals surface area (Å²) in [4.78, 5) is 15.3. The molecule has 1 N–H and O–H groups in total. The molecule has 0 unspecified atom stereocenters. The Kier molecular flexibility index (Phi) is 6.76. The molecule has 0 aliphatic carbocycles. The van der Waals surface area contributed by atoms with Crippen LogP contribution in [0.3, 0.4) is 0 Å². The Morgan fingerprint density at radius 1 is 1.11 bits per heavy atom. The minimum absolute atomic E-state index is 0.185. The summed E-state index contributed by atoms with van der Waals surface area (Å²) in [7, 11) is 0. The number of amides is 1. The number of aryl methyl sites for hydroxylation is 2. The van der Waals surface area contributed by atoms with Crippen LogP contribution in [0, 0.1) is 13.8 Å². The highest BCUT2D eigenvalue weighted by Crippen LogP contribution is 2.47. The maximum absolute atomic E-state index is 13.9. The largest absolute Gasteiger partial charge is 0.507 e. The maximum Gasteiger partial charge on any atom is 0.408 e. The van der Waals surface area contributed by atoms with Gasteiger partial charge in [-0.15, -0.1) is 11.8 Å². The fraction of sp³-hybridized carbons (Fsp3) is 0.370. The molecule has 3 heterocycles. The molecule has 3 aliphatic rings. The summed E-state index contributed by atoms with van der Waals surface area (Å²) in [6.45, 7) is 4.60. The summed E-state index contributed by atoms with van der Waals surface area (Å²) in [6, 6.07) is 9.36. The number of hydrogen-bond acceptors (Lipinski definition) is 6. The molecule has 6 nitrogen and oxygen atoms in total. The van der Waals surface area contributed by atoms with E-state index in [4.69, 9.17) is 4.74 Å². The number of carbonyl (C=O) groups excluding carboxylic acids is 1. The van der Waals surface area contributed by atoms with Gasteiger partial charge in [0.2, 0.25) is 0 Å². The number of benzene rings is 2. The Labute approximate surface area is 218 Å². The molecule has 2 atom stereocenters. The molecule has 196 valence electrons. The Morgan fingerprint density at radius 3 is 2.54 bits per heavy atom. The quantitative estimate of drug-likeness (QED) is 0.546. The molecular weight excluding hydrogens is 503 g/mol. The van der Waals surface area contributed by atoms with Gasteiger partial charge >= 0.3 is 6.18 Å². The predicted molar refractivity (Wildman–Crippen MR) is 134 cm³/mol. The molecule has 37 heavy (non-hydrogen) atoms. The second-order valence-electron chi connectivity index (χ2n) is 9.44. The molecule has 1 saturated heterocycles. The number of fused-ring (bicyclic) bond motifs is 3. The van der Waals surface area contributed by atoms with E-state index in [1.165, 1.54) is 5.01 Å². The molecule has 0 aromatic heterocycles. The minimum Gasteiger partial charge on any atom is -0.507 e. The van der Waals surface area contributed by atoms with Crippen molar-refractivity contribution in [2.45, 2.75) is 49.7 Å². The number of nitrogens with zero attached hydrogens (tertiary/aromatic N) is 3. The van der Waals surface area contributed by atoms with Gasteiger partial charge in [-0.25, -0.2) is 0 Å². The number of thioether (sulfide) groups is 1. The average molecular weight is 532 g/mol.